The molecule has 108 valence electrons. The van der Waals surface area contributed by atoms with Gasteiger partial charge in [-0.3, -0.25) is 0 Å². The molecule has 0 amide bonds. The molecule has 1 heterocycles. The summed E-state index contributed by atoms with van der Waals surface area (Å²) < 4.78 is 2.16. The largest absolute Gasteiger partial charge is 0.303 e. The molecule has 2 aromatic rings. The lowest BCUT2D eigenvalue weighted by Gasteiger charge is -2.13. The van der Waals surface area contributed by atoms with Crippen molar-refractivity contribution < 1.29 is 0 Å². The van der Waals surface area contributed by atoms with Crippen molar-refractivity contribution in [2.45, 2.75) is 44.1 Å². The van der Waals surface area contributed by atoms with Crippen LogP contribution in [0.15, 0.2) is 23.4 Å². The molecule has 0 N–H and O–H groups in total. The van der Waals surface area contributed by atoms with Crippen LogP contribution in [0.5, 0.6) is 0 Å². The standard InChI is InChI=1S/C14H17Cl2N3S/c1-4-13-17-18-14(19(13)9(2)3)20-8-10-11(15)6-5-7-12(10)16/h5-7,9H,4,8H2,1-3H3. The van der Waals surface area contributed by atoms with Crippen molar-refractivity contribution in [2.75, 3.05) is 0 Å². The second kappa shape index (κ2) is 6.83. The topological polar surface area (TPSA) is 30.7 Å². The number of thioether (sulfide) groups is 1. The second-order valence-corrected chi connectivity index (χ2v) is 6.46. The molecule has 0 aliphatic heterocycles. The minimum Gasteiger partial charge on any atom is -0.303 e. The summed E-state index contributed by atoms with van der Waals surface area (Å²) in [6, 6.07) is 5.90. The van der Waals surface area contributed by atoms with E-state index in [0.29, 0.717) is 21.8 Å². The SMILES string of the molecule is CCc1nnc(SCc2c(Cl)cccc2Cl)n1C(C)C. The highest BCUT2D eigenvalue weighted by molar-refractivity contribution is 7.98. The molecule has 6 heteroatoms. The zero-order valence-electron chi connectivity index (χ0n) is 11.7. The summed E-state index contributed by atoms with van der Waals surface area (Å²) in [5, 5.41) is 10.8. The summed E-state index contributed by atoms with van der Waals surface area (Å²) in [5.74, 6) is 1.69. The average molecular weight is 330 g/mol. The van der Waals surface area contributed by atoms with Gasteiger partial charge in [-0.15, -0.1) is 10.2 Å². The molecule has 0 radical (unpaired) electrons. The molecule has 0 unspecified atom stereocenters. The Hall–Kier alpha value is -0.710. The molecule has 0 atom stereocenters. The monoisotopic (exact) mass is 329 g/mol. The first-order chi connectivity index (χ1) is 9.54. The minimum atomic E-state index is 0.337. The Morgan fingerprint density at radius 2 is 1.85 bits per heavy atom. The summed E-state index contributed by atoms with van der Waals surface area (Å²) in [6.07, 6.45) is 0.874. The van der Waals surface area contributed by atoms with E-state index in [9.17, 15) is 0 Å². The average Bonchev–Trinajstić information content (AvgIpc) is 2.81. The highest BCUT2D eigenvalue weighted by Gasteiger charge is 2.15. The van der Waals surface area contributed by atoms with E-state index in [0.717, 1.165) is 23.0 Å². The van der Waals surface area contributed by atoms with E-state index in [1.165, 1.54) is 0 Å². The van der Waals surface area contributed by atoms with Gasteiger partial charge in [0.1, 0.15) is 5.82 Å². The number of hydrogen-bond donors (Lipinski definition) is 0. The minimum absolute atomic E-state index is 0.337. The number of hydrogen-bond acceptors (Lipinski definition) is 3. The van der Waals surface area contributed by atoms with Gasteiger partial charge < -0.3 is 4.57 Å². The van der Waals surface area contributed by atoms with Crippen LogP contribution >= 0.6 is 35.0 Å². The maximum absolute atomic E-state index is 6.19. The number of halogens is 2. The van der Waals surface area contributed by atoms with Crippen LogP contribution in [0.2, 0.25) is 10.0 Å². The molecule has 0 saturated carbocycles. The van der Waals surface area contributed by atoms with Gasteiger partial charge in [0.05, 0.1) is 0 Å². The summed E-state index contributed by atoms with van der Waals surface area (Å²) in [4.78, 5) is 0. The lowest BCUT2D eigenvalue weighted by atomic mass is 10.2. The molecule has 0 saturated heterocycles. The molecule has 0 bridgehead atoms. The van der Waals surface area contributed by atoms with Crippen molar-refractivity contribution in [1.29, 1.82) is 0 Å². The number of benzene rings is 1. The maximum atomic E-state index is 6.19. The Kier molecular flexibility index (Phi) is 5.35. The van der Waals surface area contributed by atoms with E-state index >= 15 is 0 Å². The fourth-order valence-electron chi connectivity index (χ4n) is 1.97. The summed E-state index contributed by atoms with van der Waals surface area (Å²) in [7, 11) is 0. The van der Waals surface area contributed by atoms with Crippen molar-refractivity contribution in [3.8, 4) is 0 Å². The summed E-state index contributed by atoms with van der Waals surface area (Å²) in [5.41, 5.74) is 0.942. The van der Waals surface area contributed by atoms with Gasteiger partial charge in [-0.25, -0.2) is 0 Å². The Morgan fingerprint density at radius 1 is 1.20 bits per heavy atom. The number of rotatable bonds is 5. The highest BCUT2D eigenvalue weighted by Crippen LogP contribution is 2.32. The van der Waals surface area contributed by atoms with Crippen molar-refractivity contribution in [3.05, 3.63) is 39.6 Å². The third-order valence-corrected chi connectivity index (χ3v) is 4.65. The summed E-state index contributed by atoms with van der Waals surface area (Å²) >= 11 is 14.0. The smallest absolute Gasteiger partial charge is 0.191 e. The molecule has 1 aromatic heterocycles. The molecular weight excluding hydrogens is 313 g/mol. The Balaban J connectivity index is 2.21. The first-order valence-corrected chi connectivity index (χ1v) is 8.28. The molecular formula is C14H17Cl2N3S. The van der Waals surface area contributed by atoms with Gasteiger partial charge in [0.15, 0.2) is 5.16 Å². The van der Waals surface area contributed by atoms with Gasteiger partial charge in [-0.2, -0.15) is 0 Å². The molecule has 20 heavy (non-hydrogen) atoms. The number of aryl methyl sites for hydroxylation is 1. The van der Waals surface area contributed by atoms with Crippen LogP contribution in [-0.2, 0) is 12.2 Å². The van der Waals surface area contributed by atoms with Gasteiger partial charge in [-0.05, 0) is 31.5 Å². The molecule has 0 aliphatic carbocycles. The van der Waals surface area contributed by atoms with Crippen molar-refractivity contribution in [1.82, 2.24) is 14.8 Å². The van der Waals surface area contributed by atoms with Gasteiger partial charge in [-0.1, -0.05) is 48.0 Å². The predicted molar refractivity (Wildman–Crippen MR) is 85.8 cm³/mol. The lowest BCUT2D eigenvalue weighted by Crippen LogP contribution is -2.07. The van der Waals surface area contributed by atoms with Crippen LogP contribution in [0.25, 0.3) is 0 Å². The van der Waals surface area contributed by atoms with Crippen LogP contribution in [0.4, 0.5) is 0 Å². The highest BCUT2D eigenvalue weighted by atomic mass is 35.5. The molecule has 0 aliphatic rings. The molecule has 0 fully saturated rings. The van der Waals surface area contributed by atoms with E-state index < -0.39 is 0 Å². The van der Waals surface area contributed by atoms with Gasteiger partial charge in [0, 0.05) is 28.3 Å². The fourth-order valence-corrected chi connectivity index (χ4v) is 3.80. The quantitative estimate of drug-likeness (QED) is 0.721. The van der Waals surface area contributed by atoms with Gasteiger partial charge >= 0.3 is 0 Å². The van der Waals surface area contributed by atoms with E-state index in [-0.39, 0.29) is 0 Å². The van der Waals surface area contributed by atoms with E-state index in [4.69, 9.17) is 23.2 Å². The van der Waals surface area contributed by atoms with Gasteiger partial charge in [0.2, 0.25) is 0 Å². The van der Waals surface area contributed by atoms with Crippen molar-refractivity contribution >= 4 is 35.0 Å². The number of nitrogens with zero attached hydrogens (tertiary/aromatic N) is 3. The summed E-state index contributed by atoms with van der Waals surface area (Å²) in [6.45, 7) is 6.35. The Morgan fingerprint density at radius 3 is 2.40 bits per heavy atom. The molecule has 2 rings (SSSR count). The van der Waals surface area contributed by atoms with Gasteiger partial charge in [0.25, 0.3) is 0 Å². The third kappa shape index (κ3) is 3.30. The second-order valence-electron chi connectivity index (χ2n) is 4.70. The zero-order valence-corrected chi connectivity index (χ0v) is 14.1. The Labute approximate surface area is 133 Å². The lowest BCUT2D eigenvalue weighted by molar-refractivity contribution is 0.528. The predicted octanol–water partition coefficient (Wildman–Crippen LogP) is 5.02. The first-order valence-electron chi connectivity index (χ1n) is 6.54. The maximum Gasteiger partial charge on any atom is 0.191 e. The van der Waals surface area contributed by atoms with Crippen molar-refractivity contribution in [3.63, 3.8) is 0 Å². The van der Waals surface area contributed by atoms with Crippen LogP contribution in [-0.4, -0.2) is 14.8 Å². The zero-order chi connectivity index (χ0) is 14.7. The molecule has 1 aromatic carbocycles. The molecule has 3 nitrogen and oxygen atoms in total. The third-order valence-electron chi connectivity index (χ3n) is 2.98. The number of aromatic nitrogens is 3. The fraction of sp³-hybridized carbons (Fsp3) is 0.429. The first kappa shape index (κ1) is 15.7. The van der Waals surface area contributed by atoms with E-state index in [1.54, 1.807) is 11.8 Å². The van der Waals surface area contributed by atoms with E-state index in [1.807, 2.05) is 18.2 Å². The van der Waals surface area contributed by atoms with Crippen LogP contribution in [0, 0.1) is 0 Å². The molecule has 0 spiro atoms. The van der Waals surface area contributed by atoms with Crippen molar-refractivity contribution in [2.24, 2.45) is 0 Å². The normalized spacial score (nSPS) is 11.3. The van der Waals surface area contributed by atoms with Crippen LogP contribution < -0.4 is 0 Å². The van der Waals surface area contributed by atoms with Crippen LogP contribution in [0.1, 0.15) is 38.2 Å². The van der Waals surface area contributed by atoms with Crippen LogP contribution in [0.3, 0.4) is 0 Å². The van der Waals surface area contributed by atoms with E-state index in [2.05, 4.69) is 35.5 Å². The Bertz CT molecular complexity index is 576.